The van der Waals surface area contributed by atoms with Gasteiger partial charge in [0.2, 0.25) is 0 Å². The Morgan fingerprint density at radius 2 is 1.91 bits per heavy atom. The van der Waals surface area contributed by atoms with E-state index in [1.807, 2.05) is 0 Å². The first-order valence-corrected chi connectivity index (χ1v) is 6.24. The molecule has 10 nitrogen and oxygen atoms in total. The molecule has 0 amide bonds. The smallest absolute Gasteiger partial charge is 0.335 e. The van der Waals surface area contributed by atoms with E-state index in [-0.39, 0.29) is 11.4 Å². The van der Waals surface area contributed by atoms with Crippen molar-refractivity contribution in [3.8, 4) is 0 Å². The van der Waals surface area contributed by atoms with Crippen LogP contribution in [0, 0.1) is 10.1 Å². The number of aliphatic hydroxyl groups excluding tert-OH is 3. The average Bonchev–Trinajstić information content (AvgIpc) is 2.47. The van der Waals surface area contributed by atoms with Crippen LogP contribution in [0.1, 0.15) is 0 Å². The van der Waals surface area contributed by atoms with Gasteiger partial charge in [-0.05, 0) is 6.07 Å². The van der Waals surface area contributed by atoms with Crippen LogP contribution in [0.4, 0.5) is 11.4 Å². The molecule has 1 aromatic carbocycles. The number of aliphatic carboxylic acids is 1. The van der Waals surface area contributed by atoms with Crippen molar-refractivity contribution >= 4 is 17.3 Å². The highest BCUT2D eigenvalue weighted by Crippen LogP contribution is 2.24. The highest BCUT2D eigenvalue weighted by Gasteiger charge is 2.46. The van der Waals surface area contributed by atoms with E-state index in [9.17, 15) is 30.2 Å². The lowest BCUT2D eigenvalue weighted by molar-refractivity contribution is -0.384. The molecule has 2 rings (SSSR count). The minimum atomic E-state index is -1.80. The lowest BCUT2D eigenvalue weighted by Gasteiger charge is -2.39. The number of hydrogen-bond donors (Lipinski definition) is 5. The molecule has 120 valence electrons. The van der Waals surface area contributed by atoms with E-state index in [1.165, 1.54) is 18.2 Å². The molecule has 0 aliphatic carbocycles. The van der Waals surface area contributed by atoms with Gasteiger partial charge in [-0.2, -0.15) is 0 Å². The molecule has 0 aromatic heterocycles. The quantitative estimate of drug-likeness (QED) is 0.343. The SMILES string of the molecule is O=C(O)[C@H]1O[C@@H](Nc2cccc([N+](=O)[O-])c2)[C@H](O)[C@@H](O)[C@@H]1O. The van der Waals surface area contributed by atoms with E-state index in [4.69, 9.17) is 9.84 Å². The zero-order valence-electron chi connectivity index (χ0n) is 11.1. The normalized spacial score (nSPS) is 31.5. The van der Waals surface area contributed by atoms with Crippen molar-refractivity contribution in [1.29, 1.82) is 0 Å². The van der Waals surface area contributed by atoms with Crippen LogP contribution in [0.25, 0.3) is 0 Å². The van der Waals surface area contributed by atoms with Crippen molar-refractivity contribution in [1.82, 2.24) is 0 Å². The van der Waals surface area contributed by atoms with E-state index < -0.39 is 41.5 Å². The second-order valence-corrected chi connectivity index (χ2v) is 4.74. The molecule has 1 fully saturated rings. The fraction of sp³-hybridized carbons (Fsp3) is 0.417. The largest absolute Gasteiger partial charge is 0.479 e. The van der Waals surface area contributed by atoms with Crippen molar-refractivity contribution in [2.24, 2.45) is 0 Å². The Labute approximate surface area is 123 Å². The Morgan fingerprint density at radius 3 is 2.50 bits per heavy atom. The number of ether oxygens (including phenoxy) is 1. The van der Waals surface area contributed by atoms with Crippen LogP contribution >= 0.6 is 0 Å². The number of anilines is 1. The standard InChI is InChI=1S/C12H14N2O8/c15-7-8(16)10(12(18)19)22-11(9(7)17)13-5-2-1-3-6(4-5)14(20)21/h1-4,7-11,13,15-17H,(H,18,19)/t7-,8-,9+,10-,11+/m0/s1. The van der Waals surface area contributed by atoms with Crippen LogP contribution in [-0.4, -0.2) is 62.0 Å². The summed E-state index contributed by atoms with van der Waals surface area (Å²) in [5.41, 5.74) is -0.0309. The Morgan fingerprint density at radius 1 is 1.23 bits per heavy atom. The summed E-state index contributed by atoms with van der Waals surface area (Å²) in [4.78, 5) is 21.0. The molecular weight excluding hydrogens is 300 g/mol. The zero-order valence-corrected chi connectivity index (χ0v) is 11.1. The Balaban J connectivity index is 2.19. The molecule has 0 radical (unpaired) electrons. The monoisotopic (exact) mass is 314 g/mol. The molecule has 0 saturated carbocycles. The minimum absolute atomic E-state index is 0.186. The van der Waals surface area contributed by atoms with Gasteiger partial charge < -0.3 is 30.5 Å². The number of aliphatic hydroxyl groups is 3. The van der Waals surface area contributed by atoms with Crippen molar-refractivity contribution < 1.29 is 34.9 Å². The van der Waals surface area contributed by atoms with Crippen LogP contribution in [0.5, 0.6) is 0 Å². The van der Waals surface area contributed by atoms with Gasteiger partial charge >= 0.3 is 5.97 Å². The molecule has 22 heavy (non-hydrogen) atoms. The van der Waals surface area contributed by atoms with Gasteiger partial charge in [-0.15, -0.1) is 0 Å². The number of carboxylic acid groups (broad SMARTS) is 1. The van der Waals surface area contributed by atoms with Gasteiger partial charge in [-0.3, -0.25) is 10.1 Å². The first-order chi connectivity index (χ1) is 10.3. The molecule has 5 N–H and O–H groups in total. The number of nitro benzene ring substituents is 1. The Bertz CT molecular complexity index is 580. The summed E-state index contributed by atoms with van der Waals surface area (Å²) in [6, 6.07) is 5.23. The Kier molecular flexibility index (Phi) is 4.56. The molecule has 0 bridgehead atoms. The first kappa shape index (κ1) is 16.1. The fourth-order valence-corrected chi connectivity index (χ4v) is 2.08. The summed E-state index contributed by atoms with van der Waals surface area (Å²) >= 11 is 0. The summed E-state index contributed by atoms with van der Waals surface area (Å²) in [6.45, 7) is 0. The lowest BCUT2D eigenvalue weighted by atomic mass is 9.98. The van der Waals surface area contributed by atoms with Crippen molar-refractivity contribution in [3.63, 3.8) is 0 Å². The summed E-state index contributed by atoms with van der Waals surface area (Å²) in [7, 11) is 0. The van der Waals surface area contributed by atoms with Gasteiger partial charge in [0.25, 0.3) is 5.69 Å². The zero-order chi connectivity index (χ0) is 16.4. The third-order valence-electron chi connectivity index (χ3n) is 3.22. The van der Waals surface area contributed by atoms with E-state index in [0.29, 0.717) is 0 Å². The maximum Gasteiger partial charge on any atom is 0.335 e. The maximum absolute atomic E-state index is 11.0. The number of nitrogens with zero attached hydrogens (tertiary/aromatic N) is 1. The van der Waals surface area contributed by atoms with Crippen LogP contribution in [-0.2, 0) is 9.53 Å². The van der Waals surface area contributed by atoms with Gasteiger partial charge in [-0.1, -0.05) is 6.07 Å². The average molecular weight is 314 g/mol. The van der Waals surface area contributed by atoms with E-state index in [1.54, 1.807) is 0 Å². The van der Waals surface area contributed by atoms with Gasteiger partial charge in [0.05, 0.1) is 4.92 Å². The Hall–Kier alpha value is -2.27. The highest BCUT2D eigenvalue weighted by atomic mass is 16.6. The summed E-state index contributed by atoms with van der Waals surface area (Å²) in [5, 5.41) is 51.2. The second kappa shape index (κ2) is 6.23. The summed E-state index contributed by atoms with van der Waals surface area (Å²) < 4.78 is 5.01. The number of benzene rings is 1. The van der Waals surface area contributed by atoms with Crippen LogP contribution in [0.2, 0.25) is 0 Å². The highest BCUT2D eigenvalue weighted by molar-refractivity contribution is 5.73. The molecular formula is C12H14N2O8. The van der Waals surface area contributed by atoms with Crippen molar-refractivity contribution in [2.45, 2.75) is 30.6 Å². The number of nitro groups is 1. The molecule has 1 aliphatic heterocycles. The minimum Gasteiger partial charge on any atom is -0.479 e. The number of hydrogen-bond acceptors (Lipinski definition) is 8. The van der Waals surface area contributed by atoms with Crippen LogP contribution < -0.4 is 5.32 Å². The van der Waals surface area contributed by atoms with Gasteiger partial charge in [-0.25, -0.2) is 4.79 Å². The molecule has 1 aliphatic rings. The third kappa shape index (κ3) is 3.14. The lowest BCUT2D eigenvalue weighted by Crippen LogP contribution is -2.61. The van der Waals surface area contributed by atoms with E-state index in [0.717, 1.165) is 6.07 Å². The molecule has 1 heterocycles. The molecule has 1 aromatic rings. The van der Waals surface area contributed by atoms with Gasteiger partial charge in [0.1, 0.15) is 18.3 Å². The third-order valence-corrected chi connectivity index (χ3v) is 3.22. The first-order valence-electron chi connectivity index (χ1n) is 6.24. The molecule has 0 unspecified atom stereocenters. The number of carboxylic acids is 1. The summed E-state index contributed by atoms with van der Waals surface area (Å²) in [6.07, 6.45) is -8.26. The topological polar surface area (TPSA) is 162 Å². The van der Waals surface area contributed by atoms with Gasteiger partial charge in [0, 0.05) is 17.8 Å². The number of non-ortho nitro benzene ring substituents is 1. The molecule has 10 heteroatoms. The number of carbonyl (C=O) groups is 1. The molecule has 1 saturated heterocycles. The fourth-order valence-electron chi connectivity index (χ4n) is 2.08. The van der Waals surface area contributed by atoms with Crippen molar-refractivity contribution in [2.75, 3.05) is 5.32 Å². The second-order valence-electron chi connectivity index (χ2n) is 4.74. The van der Waals surface area contributed by atoms with Gasteiger partial charge in [0.15, 0.2) is 12.3 Å². The van der Waals surface area contributed by atoms with E-state index >= 15 is 0 Å². The van der Waals surface area contributed by atoms with Crippen LogP contribution in [0.3, 0.4) is 0 Å². The predicted molar refractivity (Wildman–Crippen MR) is 71.0 cm³/mol. The van der Waals surface area contributed by atoms with Crippen LogP contribution in [0.15, 0.2) is 24.3 Å². The molecule has 0 spiro atoms. The number of nitrogens with one attached hydrogen (secondary N) is 1. The summed E-state index contributed by atoms with van der Waals surface area (Å²) in [5.74, 6) is -1.51. The maximum atomic E-state index is 11.0. The van der Waals surface area contributed by atoms with Crippen molar-refractivity contribution in [3.05, 3.63) is 34.4 Å². The number of rotatable bonds is 4. The predicted octanol–water partition coefficient (Wildman–Crippen LogP) is -1.10. The van der Waals surface area contributed by atoms with E-state index in [2.05, 4.69) is 5.32 Å². The molecule has 5 atom stereocenters.